The predicted molar refractivity (Wildman–Crippen MR) is 86.9 cm³/mol. The van der Waals surface area contributed by atoms with Crippen LogP contribution in [0.15, 0.2) is 44.4 Å². The molecule has 2 aromatic rings. The highest BCUT2D eigenvalue weighted by molar-refractivity contribution is 9.11. The van der Waals surface area contributed by atoms with Gasteiger partial charge >= 0.3 is 0 Å². The van der Waals surface area contributed by atoms with Gasteiger partial charge in [0.15, 0.2) is 11.6 Å². The number of para-hydroxylation sites is 1. The van der Waals surface area contributed by atoms with E-state index in [9.17, 15) is 12.8 Å². The Morgan fingerprint density at radius 1 is 1.23 bits per heavy atom. The van der Waals surface area contributed by atoms with Crippen molar-refractivity contribution in [2.24, 2.45) is 0 Å². The van der Waals surface area contributed by atoms with E-state index in [0.717, 1.165) is 15.1 Å². The zero-order chi connectivity index (χ0) is 16.0. The first-order valence-corrected chi connectivity index (χ1v) is 9.16. The van der Waals surface area contributed by atoms with Crippen LogP contribution in [0.25, 0.3) is 0 Å². The van der Waals surface area contributed by atoms with Gasteiger partial charge in [-0.1, -0.05) is 24.0 Å². The molecule has 1 heterocycles. The summed E-state index contributed by atoms with van der Waals surface area (Å²) in [5, 5.41) is 0. The van der Waals surface area contributed by atoms with Crippen molar-refractivity contribution in [2.75, 3.05) is 13.2 Å². The van der Waals surface area contributed by atoms with Crippen molar-refractivity contribution in [2.45, 2.75) is 4.21 Å². The second-order valence-electron chi connectivity index (χ2n) is 3.96. The van der Waals surface area contributed by atoms with E-state index in [2.05, 4.69) is 32.5 Å². The van der Waals surface area contributed by atoms with Crippen LogP contribution < -0.4 is 9.46 Å². The van der Waals surface area contributed by atoms with Gasteiger partial charge in [-0.15, -0.1) is 11.3 Å². The van der Waals surface area contributed by atoms with Gasteiger partial charge in [0.25, 0.3) is 10.0 Å². The van der Waals surface area contributed by atoms with Gasteiger partial charge < -0.3 is 4.74 Å². The Kier molecular flexibility index (Phi) is 5.97. The molecule has 0 saturated carbocycles. The summed E-state index contributed by atoms with van der Waals surface area (Å²) in [7, 11) is -3.55. The van der Waals surface area contributed by atoms with Crippen molar-refractivity contribution in [1.82, 2.24) is 4.72 Å². The molecular formula is C14H11BrFNO3S2. The lowest BCUT2D eigenvalue weighted by Gasteiger charge is -2.02. The molecule has 0 radical (unpaired) electrons. The molecule has 1 aromatic heterocycles. The van der Waals surface area contributed by atoms with Crippen molar-refractivity contribution in [1.29, 1.82) is 0 Å². The average Bonchev–Trinajstić information content (AvgIpc) is 2.92. The molecule has 4 nitrogen and oxygen atoms in total. The molecule has 116 valence electrons. The third-order valence-corrected chi connectivity index (χ3v) is 5.94. The van der Waals surface area contributed by atoms with E-state index in [1.807, 2.05) is 0 Å². The second-order valence-corrected chi connectivity index (χ2v) is 8.41. The predicted octanol–water partition coefficient (Wildman–Crippen LogP) is 3.01. The van der Waals surface area contributed by atoms with Crippen LogP contribution in [-0.2, 0) is 10.0 Å². The summed E-state index contributed by atoms with van der Waals surface area (Å²) in [6, 6.07) is 9.16. The van der Waals surface area contributed by atoms with Gasteiger partial charge in [-0.3, -0.25) is 0 Å². The summed E-state index contributed by atoms with van der Waals surface area (Å²) >= 11 is 4.32. The van der Waals surface area contributed by atoms with Gasteiger partial charge in [0.1, 0.15) is 10.8 Å². The zero-order valence-electron chi connectivity index (χ0n) is 11.2. The van der Waals surface area contributed by atoms with Gasteiger partial charge in [-0.2, -0.15) is 4.72 Å². The summed E-state index contributed by atoms with van der Waals surface area (Å²) < 4.78 is 45.4. The van der Waals surface area contributed by atoms with E-state index in [1.54, 1.807) is 18.2 Å². The molecular weight excluding hydrogens is 393 g/mol. The number of hydrogen-bond acceptors (Lipinski definition) is 4. The summed E-state index contributed by atoms with van der Waals surface area (Å²) in [4.78, 5) is 0. The molecule has 2 rings (SSSR count). The van der Waals surface area contributed by atoms with E-state index >= 15 is 0 Å². The lowest BCUT2D eigenvalue weighted by molar-refractivity contribution is 0.348. The number of nitrogens with one attached hydrogen (secondary N) is 1. The molecule has 0 aliphatic carbocycles. The lowest BCUT2D eigenvalue weighted by Crippen LogP contribution is -2.23. The number of sulfonamides is 1. The van der Waals surface area contributed by atoms with E-state index in [1.165, 1.54) is 18.2 Å². The van der Waals surface area contributed by atoms with Crippen LogP contribution in [0, 0.1) is 17.7 Å². The van der Waals surface area contributed by atoms with Crippen molar-refractivity contribution in [3.8, 4) is 17.6 Å². The minimum absolute atomic E-state index is 0.0206. The first kappa shape index (κ1) is 17.0. The fourth-order valence-corrected chi connectivity index (χ4v) is 4.41. The van der Waals surface area contributed by atoms with Gasteiger partial charge in [-0.05, 0) is 40.2 Å². The van der Waals surface area contributed by atoms with Crippen LogP contribution in [0.2, 0.25) is 0 Å². The Morgan fingerprint density at radius 2 is 2.00 bits per heavy atom. The van der Waals surface area contributed by atoms with Crippen LogP contribution in [0.3, 0.4) is 0 Å². The molecule has 0 aliphatic heterocycles. The quantitative estimate of drug-likeness (QED) is 0.780. The maximum absolute atomic E-state index is 13.2. The normalized spacial score (nSPS) is 10.8. The fourth-order valence-electron chi connectivity index (χ4n) is 1.43. The molecule has 0 bridgehead atoms. The van der Waals surface area contributed by atoms with Crippen molar-refractivity contribution in [3.05, 3.63) is 46.0 Å². The maximum atomic E-state index is 13.2. The zero-order valence-corrected chi connectivity index (χ0v) is 14.4. The van der Waals surface area contributed by atoms with Crippen LogP contribution in [0.1, 0.15) is 0 Å². The van der Waals surface area contributed by atoms with Crippen LogP contribution in [0.4, 0.5) is 4.39 Å². The fraction of sp³-hybridized carbons (Fsp3) is 0.143. The number of ether oxygens (including phenoxy) is 1. The lowest BCUT2D eigenvalue weighted by atomic mass is 10.3. The second kappa shape index (κ2) is 7.74. The highest BCUT2D eigenvalue weighted by Gasteiger charge is 2.14. The number of hydrogen-bond donors (Lipinski definition) is 1. The van der Waals surface area contributed by atoms with Gasteiger partial charge in [0.05, 0.1) is 10.3 Å². The SMILES string of the molecule is O=S(=O)(NCC#CCOc1ccccc1F)c1ccc(Br)s1. The molecule has 0 amide bonds. The summed E-state index contributed by atoms with van der Waals surface area (Å²) in [5.41, 5.74) is 0. The highest BCUT2D eigenvalue weighted by Crippen LogP contribution is 2.25. The van der Waals surface area contributed by atoms with Gasteiger partial charge in [-0.25, -0.2) is 12.8 Å². The number of rotatable bonds is 5. The maximum Gasteiger partial charge on any atom is 0.250 e. The number of thiophene rings is 1. The van der Waals surface area contributed by atoms with E-state index in [4.69, 9.17) is 4.74 Å². The van der Waals surface area contributed by atoms with E-state index in [-0.39, 0.29) is 23.1 Å². The molecule has 0 atom stereocenters. The molecule has 0 spiro atoms. The third kappa shape index (κ3) is 4.81. The van der Waals surface area contributed by atoms with E-state index < -0.39 is 15.8 Å². The Labute approximate surface area is 140 Å². The smallest absolute Gasteiger partial charge is 0.250 e. The van der Waals surface area contributed by atoms with Gasteiger partial charge in [0, 0.05) is 0 Å². The van der Waals surface area contributed by atoms with Crippen molar-refractivity contribution < 1.29 is 17.5 Å². The highest BCUT2D eigenvalue weighted by atomic mass is 79.9. The average molecular weight is 404 g/mol. The molecule has 1 N–H and O–H groups in total. The van der Waals surface area contributed by atoms with Crippen molar-refractivity contribution >= 4 is 37.3 Å². The van der Waals surface area contributed by atoms with Crippen LogP contribution >= 0.6 is 27.3 Å². The molecule has 0 aliphatic rings. The largest absolute Gasteiger partial charge is 0.478 e. The molecule has 0 saturated heterocycles. The topological polar surface area (TPSA) is 55.4 Å². The summed E-state index contributed by atoms with van der Waals surface area (Å²) in [5.74, 6) is 4.88. The number of benzene rings is 1. The minimum atomic E-state index is -3.55. The monoisotopic (exact) mass is 403 g/mol. The Morgan fingerprint density at radius 3 is 2.68 bits per heavy atom. The van der Waals surface area contributed by atoms with Crippen molar-refractivity contribution in [3.63, 3.8) is 0 Å². The standard InChI is InChI=1S/C14H11BrFNO3S2/c15-13-7-8-14(21-13)22(18,19)17-9-3-4-10-20-12-6-2-1-5-11(12)16/h1-2,5-8,17H,9-10H2. The molecule has 22 heavy (non-hydrogen) atoms. The Hall–Kier alpha value is -1.40. The van der Waals surface area contributed by atoms with Gasteiger partial charge in [0.2, 0.25) is 0 Å². The molecule has 0 unspecified atom stereocenters. The Balaban J connectivity index is 1.81. The summed E-state index contributed by atoms with van der Waals surface area (Å²) in [6.07, 6.45) is 0. The van der Waals surface area contributed by atoms with Crippen LogP contribution in [0.5, 0.6) is 5.75 Å². The molecule has 8 heteroatoms. The number of halogens is 2. The third-order valence-electron chi connectivity index (χ3n) is 2.43. The molecule has 1 aromatic carbocycles. The van der Waals surface area contributed by atoms with E-state index in [0.29, 0.717) is 0 Å². The summed E-state index contributed by atoms with van der Waals surface area (Å²) in [6.45, 7) is -0.0638. The first-order valence-electron chi connectivity index (χ1n) is 6.07. The minimum Gasteiger partial charge on any atom is -0.478 e. The molecule has 0 fully saturated rings. The Bertz CT molecular complexity index is 809. The first-order chi connectivity index (χ1) is 10.5. The van der Waals surface area contributed by atoms with Crippen LogP contribution in [-0.4, -0.2) is 21.6 Å².